The molecule has 0 spiro atoms. The van der Waals surface area contributed by atoms with Crippen molar-refractivity contribution >= 4 is 0 Å². The molecule has 1 aromatic heterocycles. The summed E-state index contributed by atoms with van der Waals surface area (Å²) in [6.07, 6.45) is 5.43. The van der Waals surface area contributed by atoms with Crippen LogP contribution in [-0.2, 0) is 6.54 Å². The van der Waals surface area contributed by atoms with Gasteiger partial charge < -0.3 is 14.6 Å². The van der Waals surface area contributed by atoms with Crippen LogP contribution >= 0.6 is 0 Å². The Morgan fingerprint density at radius 3 is 2.85 bits per heavy atom. The first-order valence-corrected chi connectivity index (χ1v) is 6.66. The van der Waals surface area contributed by atoms with E-state index in [1.807, 2.05) is 17.7 Å². The van der Waals surface area contributed by atoms with Gasteiger partial charge in [0.15, 0.2) is 0 Å². The molecule has 0 aliphatic heterocycles. The lowest BCUT2D eigenvalue weighted by Crippen LogP contribution is -2.33. The third-order valence-electron chi connectivity index (χ3n) is 3.24. The third kappa shape index (κ3) is 3.36. The first-order chi connectivity index (χ1) is 9.61. The number of aromatic nitrogens is 2. The predicted octanol–water partition coefficient (Wildman–Crippen LogP) is 2.77. The minimum absolute atomic E-state index is 0.135. The number of methoxy groups -OCH3 is 1. The van der Waals surface area contributed by atoms with Gasteiger partial charge in [0.05, 0.1) is 13.4 Å². The van der Waals surface area contributed by atoms with Crippen LogP contribution in [0.4, 0.5) is 4.39 Å². The molecule has 1 N–H and O–H groups in total. The molecule has 108 valence electrons. The third-order valence-corrected chi connectivity index (χ3v) is 3.24. The van der Waals surface area contributed by atoms with Crippen molar-refractivity contribution in [2.45, 2.75) is 32.5 Å². The number of hydrogen-bond donors (Lipinski definition) is 1. The molecule has 0 fully saturated rings. The average molecular weight is 277 g/mol. The van der Waals surface area contributed by atoms with Crippen molar-refractivity contribution in [1.82, 2.24) is 14.9 Å². The molecule has 2 unspecified atom stereocenters. The lowest BCUT2D eigenvalue weighted by atomic mass is 10.1. The Bertz CT molecular complexity index is 542. The SMILES string of the molecule is COc1cccc(F)c1C(C)NC(C)Cn1ccnc1. The van der Waals surface area contributed by atoms with Crippen molar-refractivity contribution in [3.05, 3.63) is 48.3 Å². The van der Waals surface area contributed by atoms with Gasteiger partial charge in [0.1, 0.15) is 11.6 Å². The number of benzene rings is 1. The van der Waals surface area contributed by atoms with E-state index in [0.717, 1.165) is 6.54 Å². The van der Waals surface area contributed by atoms with Gasteiger partial charge in [-0.2, -0.15) is 0 Å². The molecule has 0 saturated heterocycles. The topological polar surface area (TPSA) is 39.1 Å². The second-order valence-electron chi connectivity index (χ2n) is 4.90. The first-order valence-electron chi connectivity index (χ1n) is 6.66. The van der Waals surface area contributed by atoms with Gasteiger partial charge in [-0.05, 0) is 26.0 Å². The standard InChI is InChI=1S/C15H20FN3O/c1-11(9-19-8-7-17-10-19)18-12(2)15-13(16)5-4-6-14(15)20-3/h4-8,10-12,18H,9H2,1-3H3. The maximum absolute atomic E-state index is 14.0. The van der Waals surface area contributed by atoms with Gasteiger partial charge in [-0.3, -0.25) is 0 Å². The molecule has 2 rings (SSSR count). The van der Waals surface area contributed by atoms with Crippen LogP contribution in [0.1, 0.15) is 25.5 Å². The maximum Gasteiger partial charge on any atom is 0.131 e. The molecule has 1 aromatic carbocycles. The van der Waals surface area contributed by atoms with Crippen LogP contribution in [0.15, 0.2) is 36.9 Å². The molecule has 0 amide bonds. The summed E-state index contributed by atoms with van der Waals surface area (Å²) in [6, 6.07) is 4.93. The molecule has 5 heteroatoms. The Labute approximate surface area is 118 Å². The second-order valence-corrected chi connectivity index (χ2v) is 4.90. The molecule has 0 saturated carbocycles. The molecule has 2 atom stereocenters. The molecule has 1 heterocycles. The number of hydrogen-bond acceptors (Lipinski definition) is 3. The van der Waals surface area contributed by atoms with Crippen molar-refractivity contribution in [3.8, 4) is 5.75 Å². The number of imidazole rings is 1. The Hall–Kier alpha value is -1.88. The molecule has 4 nitrogen and oxygen atoms in total. The van der Waals surface area contributed by atoms with Gasteiger partial charge in [-0.25, -0.2) is 9.37 Å². The van der Waals surface area contributed by atoms with E-state index in [-0.39, 0.29) is 17.9 Å². The highest BCUT2D eigenvalue weighted by atomic mass is 19.1. The molecule has 20 heavy (non-hydrogen) atoms. The summed E-state index contributed by atoms with van der Waals surface area (Å²) in [5, 5.41) is 3.38. The van der Waals surface area contributed by atoms with Crippen LogP contribution in [0.5, 0.6) is 5.75 Å². The summed E-state index contributed by atoms with van der Waals surface area (Å²) < 4.78 is 21.2. The highest BCUT2D eigenvalue weighted by molar-refractivity contribution is 5.36. The molecule has 0 aliphatic carbocycles. The largest absolute Gasteiger partial charge is 0.496 e. The smallest absolute Gasteiger partial charge is 0.131 e. The van der Waals surface area contributed by atoms with E-state index in [9.17, 15) is 4.39 Å². The number of nitrogens with zero attached hydrogens (tertiary/aromatic N) is 2. The van der Waals surface area contributed by atoms with Crippen molar-refractivity contribution < 1.29 is 9.13 Å². The van der Waals surface area contributed by atoms with Crippen LogP contribution < -0.4 is 10.1 Å². The van der Waals surface area contributed by atoms with E-state index in [1.54, 1.807) is 31.8 Å². The van der Waals surface area contributed by atoms with Crippen LogP contribution in [-0.4, -0.2) is 22.7 Å². The van der Waals surface area contributed by atoms with E-state index < -0.39 is 0 Å². The average Bonchev–Trinajstić information content (AvgIpc) is 2.90. The Morgan fingerprint density at radius 1 is 1.40 bits per heavy atom. The zero-order valence-corrected chi connectivity index (χ0v) is 12.0. The molecule has 2 aromatic rings. The normalized spacial score (nSPS) is 14.0. The number of rotatable bonds is 6. The second kappa shape index (κ2) is 6.52. The predicted molar refractivity (Wildman–Crippen MR) is 76.2 cm³/mol. The van der Waals surface area contributed by atoms with E-state index in [0.29, 0.717) is 11.3 Å². The van der Waals surface area contributed by atoms with E-state index in [4.69, 9.17) is 4.74 Å². The summed E-state index contributed by atoms with van der Waals surface area (Å²) in [4.78, 5) is 4.01. The highest BCUT2D eigenvalue weighted by Gasteiger charge is 2.18. The highest BCUT2D eigenvalue weighted by Crippen LogP contribution is 2.27. The fourth-order valence-electron chi connectivity index (χ4n) is 2.39. The minimum Gasteiger partial charge on any atom is -0.496 e. The summed E-state index contributed by atoms with van der Waals surface area (Å²) in [6.45, 7) is 4.77. The number of halogens is 1. The van der Waals surface area contributed by atoms with E-state index >= 15 is 0 Å². The summed E-state index contributed by atoms with van der Waals surface area (Å²) in [5.74, 6) is 0.319. The minimum atomic E-state index is -0.251. The van der Waals surface area contributed by atoms with Gasteiger partial charge in [0.2, 0.25) is 0 Å². The number of ether oxygens (including phenoxy) is 1. The van der Waals surface area contributed by atoms with Gasteiger partial charge >= 0.3 is 0 Å². The molecule has 0 aliphatic rings. The Balaban J connectivity index is 2.06. The fourth-order valence-corrected chi connectivity index (χ4v) is 2.39. The first kappa shape index (κ1) is 14.5. The van der Waals surface area contributed by atoms with E-state index in [1.165, 1.54) is 6.07 Å². The van der Waals surface area contributed by atoms with Crippen molar-refractivity contribution in [3.63, 3.8) is 0 Å². The van der Waals surface area contributed by atoms with Gasteiger partial charge in [-0.1, -0.05) is 6.07 Å². The molecule has 0 bridgehead atoms. The van der Waals surface area contributed by atoms with Gasteiger partial charge in [-0.15, -0.1) is 0 Å². The van der Waals surface area contributed by atoms with Gasteiger partial charge in [0.25, 0.3) is 0 Å². The quantitative estimate of drug-likeness (QED) is 0.882. The van der Waals surface area contributed by atoms with Crippen molar-refractivity contribution in [1.29, 1.82) is 0 Å². The summed E-state index contributed by atoms with van der Waals surface area (Å²) in [5.41, 5.74) is 0.562. The van der Waals surface area contributed by atoms with Crippen LogP contribution in [0.25, 0.3) is 0 Å². The summed E-state index contributed by atoms with van der Waals surface area (Å²) in [7, 11) is 1.56. The zero-order chi connectivity index (χ0) is 14.5. The monoisotopic (exact) mass is 277 g/mol. The summed E-state index contributed by atoms with van der Waals surface area (Å²) >= 11 is 0. The Kier molecular flexibility index (Phi) is 4.74. The maximum atomic E-state index is 14.0. The number of nitrogens with one attached hydrogen (secondary N) is 1. The van der Waals surface area contributed by atoms with E-state index in [2.05, 4.69) is 17.2 Å². The fraction of sp³-hybridized carbons (Fsp3) is 0.400. The van der Waals surface area contributed by atoms with Gasteiger partial charge in [0, 0.05) is 36.6 Å². The van der Waals surface area contributed by atoms with Crippen molar-refractivity contribution in [2.24, 2.45) is 0 Å². The molecule has 0 radical (unpaired) electrons. The molecular weight excluding hydrogens is 257 g/mol. The lowest BCUT2D eigenvalue weighted by molar-refractivity contribution is 0.378. The van der Waals surface area contributed by atoms with Crippen LogP contribution in [0.2, 0.25) is 0 Å². The van der Waals surface area contributed by atoms with Crippen LogP contribution in [0, 0.1) is 5.82 Å². The molecular formula is C15H20FN3O. The Morgan fingerprint density at radius 2 is 2.20 bits per heavy atom. The van der Waals surface area contributed by atoms with Crippen molar-refractivity contribution in [2.75, 3.05) is 7.11 Å². The lowest BCUT2D eigenvalue weighted by Gasteiger charge is -2.22. The zero-order valence-electron chi connectivity index (χ0n) is 12.0. The van der Waals surface area contributed by atoms with Crippen LogP contribution in [0.3, 0.4) is 0 Å².